The SMILES string of the molecule is N#Cc1cnc2ccccc2c1NCc1ccc(OCc2ccccn2)cc1. The molecule has 0 aliphatic heterocycles. The van der Waals surface area contributed by atoms with E-state index in [1.165, 1.54) is 0 Å². The summed E-state index contributed by atoms with van der Waals surface area (Å²) in [5.74, 6) is 0.793. The third kappa shape index (κ3) is 3.92. The number of pyridine rings is 2. The van der Waals surface area contributed by atoms with Crippen molar-refractivity contribution in [2.45, 2.75) is 13.2 Å². The molecule has 0 aliphatic carbocycles. The smallest absolute Gasteiger partial charge is 0.130 e. The van der Waals surface area contributed by atoms with E-state index < -0.39 is 0 Å². The molecule has 2 aromatic carbocycles. The molecule has 0 fully saturated rings. The Hall–Kier alpha value is -3.91. The predicted molar refractivity (Wildman–Crippen MR) is 109 cm³/mol. The lowest BCUT2D eigenvalue weighted by Crippen LogP contribution is -2.03. The molecular weight excluding hydrogens is 348 g/mol. The summed E-state index contributed by atoms with van der Waals surface area (Å²) in [5, 5.41) is 13.7. The molecule has 0 radical (unpaired) electrons. The molecule has 2 heterocycles. The number of nitriles is 1. The molecule has 5 heteroatoms. The third-order valence-corrected chi connectivity index (χ3v) is 4.40. The molecule has 0 spiro atoms. The number of hydrogen-bond donors (Lipinski definition) is 1. The van der Waals surface area contributed by atoms with Gasteiger partial charge < -0.3 is 10.1 Å². The summed E-state index contributed by atoms with van der Waals surface area (Å²) < 4.78 is 5.77. The average molecular weight is 366 g/mol. The van der Waals surface area contributed by atoms with Gasteiger partial charge in [0.1, 0.15) is 18.4 Å². The van der Waals surface area contributed by atoms with Gasteiger partial charge in [-0.1, -0.05) is 36.4 Å². The van der Waals surface area contributed by atoms with Crippen molar-refractivity contribution in [3.63, 3.8) is 0 Å². The van der Waals surface area contributed by atoms with Crippen molar-refractivity contribution in [3.8, 4) is 11.8 Å². The standard InChI is InChI=1S/C23H18N4O/c24-13-18-15-26-22-7-2-1-6-21(22)23(18)27-14-17-8-10-20(11-9-17)28-16-19-5-3-4-12-25-19/h1-12,15H,14,16H2,(H,26,27). The molecule has 2 aromatic heterocycles. The number of para-hydroxylation sites is 1. The second-order valence-corrected chi connectivity index (χ2v) is 6.28. The fraction of sp³-hybridized carbons (Fsp3) is 0.0870. The zero-order valence-corrected chi connectivity index (χ0v) is 15.2. The maximum atomic E-state index is 9.41. The normalized spacial score (nSPS) is 10.4. The zero-order chi connectivity index (χ0) is 19.2. The van der Waals surface area contributed by atoms with Crippen molar-refractivity contribution < 1.29 is 4.74 Å². The van der Waals surface area contributed by atoms with Gasteiger partial charge in [0.05, 0.1) is 22.5 Å². The van der Waals surface area contributed by atoms with Crippen molar-refractivity contribution in [1.29, 1.82) is 5.26 Å². The van der Waals surface area contributed by atoms with Crippen LogP contribution in [0.25, 0.3) is 10.9 Å². The maximum Gasteiger partial charge on any atom is 0.130 e. The van der Waals surface area contributed by atoms with Gasteiger partial charge >= 0.3 is 0 Å². The van der Waals surface area contributed by atoms with E-state index in [9.17, 15) is 5.26 Å². The van der Waals surface area contributed by atoms with Crippen LogP contribution in [0, 0.1) is 11.3 Å². The van der Waals surface area contributed by atoms with Crippen molar-refractivity contribution in [3.05, 3.63) is 95.9 Å². The minimum atomic E-state index is 0.437. The van der Waals surface area contributed by atoms with Crippen molar-refractivity contribution >= 4 is 16.6 Å². The number of nitrogens with zero attached hydrogens (tertiary/aromatic N) is 3. The third-order valence-electron chi connectivity index (χ3n) is 4.40. The number of nitrogens with one attached hydrogen (secondary N) is 1. The molecule has 0 amide bonds. The van der Waals surface area contributed by atoms with Crippen LogP contribution in [0.1, 0.15) is 16.8 Å². The van der Waals surface area contributed by atoms with Gasteiger partial charge in [0.25, 0.3) is 0 Å². The van der Waals surface area contributed by atoms with Crippen LogP contribution in [0.4, 0.5) is 5.69 Å². The summed E-state index contributed by atoms with van der Waals surface area (Å²) in [5.41, 5.74) is 4.19. The van der Waals surface area contributed by atoms with Crippen LogP contribution < -0.4 is 10.1 Å². The highest BCUT2D eigenvalue weighted by molar-refractivity contribution is 5.93. The van der Waals surface area contributed by atoms with Gasteiger partial charge in [0.15, 0.2) is 0 Å². The molecule has 0 saturated carbocycles. The second kappa shape index (κ2) is 8.19. The van der Waals surface area contributed by atoms with Crippen LogP contribution >= 0.6 is 0 Å². The first-order valence-corrected chi connectivity index (χ1v) is 8.97. The summed E-state index contributed by atoms with van der Waals surface area (Å²) in [6.45, 7) is 1.04. The molecule has 5 nitrogen and oxygen atoms in total. The largest absolute Gasteiger partial charge is 0.487 e. The first kappa shape index (κ1) is 17.5. The van der Waals surface area contributed by atoms with Crippen molar-refractivity contribution in [1.82, 2.24) is 9.97 Å². The second-order valence-electron chi connectivity index (χ2n) is 6.28. The quantitative estimate of drug-likeness (QED) is 0.536. The van der Waals surface area contributed by atoms with Crippen LogP contribution in [-0.4, -0.2) is 9.97 Å². The number of hydrogen-bond acceptors (Lipinski definition) is 5. The highest BCUT2D eigenvalue weighted by atomic mass is 16.5. The molecule has 136 valence electrons. The summed E-state index contributed by atoms with van der Waals surface area (Å²) >= 11 is 0. The van der Waals surface area contributed by atoms with Gasteiger partial charge in [-0.15, -0.1) is 0 Å². The Morgan fingerprint density at radius 2 is 1.75 bits per heavy atom. The maximum absolute atomic E-state index is 9.41. The van der Waals surface area contributed by atoms with Crippen LogP contribution in [0.5, 0.6) is 5.75 Å². The van der Waals surface area contributed by atoms with Crippen LogP contribution in [-0.2, 0) is 13.2 Å². The Balaban J connectivity index is 1.44. The molecule has 28 heavy (non-hydrogen) atoms. The fourth-order valence-electron chi connectivity index (χ4n) is 2.95. The van der Waals surface area contributed by atoms with Gasteiger partial charge in [-0.3, -0.25) is 9.97 Å². The van der Waals surface area contributed by atoms with E-state index in [0.717, 1.165) is 33.6 Å². The molecule has 0 aliphatic rings. The van der Waals surface area contributed by atoms with Crippen LogP contribution in [0.3, 0.4) is 0 Å². The highest BCUT2D eigenvalue weighted by Gasteiger charge is 2.08. The van der Waals surface area contributed by atoms with Gasteiger partial charge in [0, 0.05) is 24.3 Å². The van der Waals surface area contributed by atoms with Crippen molar-refractivity contribution in [2.24, 2.45) is 0 Å². The molecule has 4 rings (SSSR count). The average Bonchev–Trinajstić information content (AvgIpc) is 2.77. The molecule has 0 saturated heterocycles. The van der Waals surface area contributed by atoms with E-state index in [2.05, 4.69) is 21.4 Å². The van der Waals surface area contributed by atoms with Gasteiger partial charge in [-0.05, 0) is 35.9 Å². The predicted octanol–water partition coefficient (Wildman–Crippen LogP) is 4.69. The monoisotopic (exact) mass is 366 g/mol. The van der Waals surface area contributed by atoms with E-state index in [0.29, 0.717) is 18.7 Å². The molecule has 0 atom stereocenters. The number of fused-ring (bicyclic) bond motifs is 1. The molecule has 0 bridgehead atoms. The first-order valence-electron chi connectivity index (χ1n) is 8.97. The number of rotatable bonds is 6. The van der Waals surface area contributed by atoms with Crippen LogP contribution in [0.2, 0.25) is 0 Å². The number of anilines is 1. The van der Waals surface area contributed by atoms with E-state index in [-0.39, 0.29) is 0 Å². The minimum Gasteiger partial charge on any atom is -0.487 e. The number of aromatic nitrogens is 2. The molecular formula is C23H18N4O. The summed E-state index contributed by atoms with van der Waals surface area (Å²) in [4.78, 5) is 8.59. The van der Waals surface area contributed by atoms with Crippen molar-refractivity contribution in [2.75, 3.05) is 5.32 Å². The topological polar surface area (TPSA) is 70.8 Å². The first-order chi connectivity index (χ1) is 13.8. The molecule has 0 unspecified atom stereocenters. The van der Waals surface area contributed by atoms with Crippen LogP contribution in [0.15, 0.2) is 79.1 Å². The highest BCUT2D eigenvalue weighted by Crippen LogP contribution is 2.26. The molecule has 4 aromatic rings. The Kier molecular flexibility index (Phi) is 5.12. The van der Waals surface area contributed by atoms with E-state index in [1.54, 1.807) is 12.4 Å². The van der Waals surface area contributed by atoms with Gasteiger partial charge in [0.2, 0.25) is 0 Å². The zero-order valence-electron chi connectivity index (χ0n) is 15.2. The number of benzene rings is 2. The lowest BCUT2D eigenvalue weighted by molar-refractivity contribution is 0.301. The lowest BCUT2D eigenvalue weighted by Gasteiger charge is -2.12. The Bertz CT molecular complexity index is 1120. The summed E-state index contributed by atoms with van der Waals surface area (Å²) in [7, 11) is 0. The fourth-order valence-corrected chi connectivity index (χ4v) is 2.95. The van der Waals surface area contributed by atoms with E-state index in [1.807, 2.05) is 66.7 Å². The van der Waals surface area contributed by atoms with Gasteiger partial charge in [-0.2, -0.15) is 5.26 Å². The summed E-state index contributed by atoms with van der Waals surface area (Å²) in [6.07, 6.45) is 3.37. The summed E-state index contributed by atoms with van der Waals surface area (Å²) in [6, 6.07) is 23.7. The van der Waals surface area contributed by atoms with Gasteiger partial charge in [-0.25, -0.2) is 0 Å². The molecule has 1 N–H and O–H groups in total. The number of ether oxygens (including phenoxy) is 1. The van der Waals surface area contributed by atoms with E-state index >= 15 is 0 Å². The Labute approximate surface area is 163 Å². The minimum absolute atomic E-state index is 0.437. The lowest BCUT2D eigenvalue weighted by atomic mass is 10.1. The Morgan fingerprint density at radius 3 is 2.54 bits per heavy atom. The van der Waals surface area contributed by atoms with E-state index in [4.69, 9.17) is 4.74 Å². The Morgan fingerprint density at radius 1 is 0.929 bits per heavy atom.